The van der Waals surface area contributed by atoms with Crippen molar-refractivity contribution in [1.29, 1.82) is 0 Å². The van der Waals surface area contributed by atoms with Crippen LogP contribution in [0.4, 0.5) is 26.8 Å². The van der Waals surface area contributed by atoms with E-state index in [1.165, 1.54) is 0 Å². The van der Waals surface area contributed by atoms with Crippen LogP contribution in [0.5, 0.6) is 0 Å². The summed E-state index contributed by atoms with van der Waals surface area (Å²) in [6.07, 6.45) is 4.92. The largest absolute Gasteiger partial charge is 0.450 e. The molecule has 1 atom stereocenters. The number of nitrogens with one attached hydrogen (secondary N) is 3. The van der Waals surface area contributed by atoms with Crippen molar-refractivity contribution >= 4 is 29.3 Å². The fourth-order valence-corrected chi connectivity index (χ4v) is 3.31. The van der Waals surface area contributed by atoms with Crippen molar-refractivity contribution < 1.29 is 23.4 Å². The van der Waals surface area contributed by atoms with Gasteiger partial charge in [-0.1, -0.05) is 0 Å². The van der Waals surface area contributed by atoms with Gasteiger partial charge in [-0.25, -0.2) is 14.2 Å². The van der Waals surface area contributed by atoms with E-state index in [2.05, 4.69) is 40.2 Å². The van der Waals surface area contributed by atoms with Gasteiger partial charge in [0.1, 0.15) is 23.5 Å². The lowest BCUT2D eigenvalue weighted by atomic mass is 10.4. The van der Waals surface area contributed by atoms with Crippen molar-refractivity contribution in [2.24, 2.45) is 0 Å². The van der Waals surface area contributed by atoms with Crippen LogP contribution in [0.3, 0.4) is 0 Å². The Morgan fingerprint density at radius 1 is 1.28 bits per heavy atom. The van der Waals surface area contributed by atoms with Crippen LogP contribution in [0.25, 0.3) is 5.65 Å². The molecular formula is C23H35FN8O4. The third-order valence-electron chi connectivity index (χ3n) is 5.01. The molecule has 2 aliphatic heterocycles. The van der Waals surface area contributed by atoms with Crippen LogP contribution >= 0.6 is 0 Å². The van der Waals surface area contributed by atoms with E-state index in [0.29, 0.717) is 32.2 Å². The van der Waals surface area contributed by atoms with Crippen LogP contribution in [-0.2, 0) is 14.2 Å². The van der Waals surface area contributed by atoms with Gasteiger partial charge >= 0.3 is 6.09 Å². The van der Waals surface area contributed by atoms with Crippen molar-refractivity contribution in [3.05, 3.63) is 30.7 Å². The molecule has 13 heteroatoms. The number of aromatic amines is 1. The highest BCUT2D eigenvalue weighted by Crippen LogP contribution is 2.21. The van der Waals surface area contributed by atoms with E-state index in [4.69, 9.17) is 9.72 Å². The van der Waals surface area contributed by atoms with Gasteiger partial charge < -0.3 is 29.7 Å². The molecule has 0 spiro atoms. The molecule has 2 aliphatic rings. The van der Waals surface area contributed by atoms with Crippen molar-refractivity contribution in [3.63, 3.8) is 0 Å². The monoisotopic (exact) mass is 506 g/mol. The van der Waals surface area contributed by atoms with E-state index in [1.807, 2.05) is 36.6 Å². The fraction of sp³-hybridized carbons (Fsp3) is 0.565. The Hall–Kier alpha value is -3.45. The highest BCUT2D eigenvalue weighted by Gasteiger charge is 2.16. The standard InChI is InChI=1S/C13H15N7O.C6H13NO2.C4H7FO/c1-2-15-18-10(1)16-13-17-12(19-5-7-21-8-6-19)9-11-14-3-4-20(11)13;1-4-9-6(8)7-5(2)3;5-4-1-2-6-3-4/h1-4,9H,5-8H2,(H2,15,16,17,18);5H,4H2,1-3H3,(H,7,8);4H,1-3H2. The second-order valence-electron chi connectivity index (χ2n) is 8.27. The van der Waals surface area contributed by atoms with Crippen molar-refractivity contribution in [2.45, 2.75) is 39.4 Å². The van der Waals surface area contributed by atoms with E-state index in [1.54, 1.807) is 19.3 Å². The first-order valence-corrected chi connectivity index (χ1v) is 12.0. The number of rotatable bonds is 5. The van der Waals surface area contributed by atoms with Crippen LogP contribution < -0.4 is 15.5 Å². The lowest BCUT2D eigenvalue weighted by Gasteiger charge is -2.28. The minimum absolute atomic E-state index is 0.157. The number of anilines is 3. The number of fused-ring (bicyclic) bond motifs is 1. The summed E-state index contributed by atoms with van der Waals surface area (Å²) in [5.41, 5.74) is 0.855. The van der Waals surface area contributed by atoms with Gasteiger partial charge in [0.25, 0.3) is 0 Å². The Morgan fingerprint density at radius 3 is 2.67 bits per heavy atom. The van der Waals surface area contributed by atoms with Crippen molar-refractivity contribution in [1.82, 2.24) is 29.9 Å². The molecule has 5 heterocycles. The molecular weight excluding hydrogens is 471 g/mol. The zero-order chi connectivity index (χ0) is 25.8. The zero-order valence-corrected chi connectivity index (χ0v) is 20.9. The van der Waals surface area contributed by atoms with Gasteiger partial charge in [0.2, 0.25) is 5.95 Å². The smallest absolute Gasteiger partial charge is 0.407 e. The number of imidazole rings is 1. The van der Waals surface area contributed by atoms with E-state index >= 15 is 0 Å². The normalized spacial score (nSPS) is 17.1. The molecule has 0 bridgehead atoms. The van der Waals surface area contributed by atoms with Crippen LogP contribution in [0.2, 0.25) is 0 Å². The number of morpholine rings is 1. The number of ether oxygens (including phenoxy) is 3. The topological polar surface area (TPSA) is 131 Å². The maximum Gasteiger partial charge on any atom is 0.407 e. The SMILES string of the molecule is CCOC(=O)NC(C)C.FC1CCOC1.c1cc(Nc2nc(N3CCOCC3)cc3nccn23)[nH]n1. The predicted molar refractivity (Wildman–Crippen MR) is 134 cm³/mol. The molecule has 36 heavy (non-hydrogen) atoms. The van der Waals surface area contributed by atoms with Crippen molar-refractivity contribution in [2.75, 3.05) is 56.3 Å². The lowest BCUT2D eigenvalue weighted by Crippen LogP contribution is -2.36. The summed E-state index contributed by atoms with van der Waals surface area (Å²) in [5, 5.41) is 12.6. The summed E-state index contributed by atoms with van der Waals surface area (Å²) in [7, 11) is 0. The molecule has 1 unspecified atom stereocenters. The number of alkyl carbamates (subject to hydrolysis) is 1. The zero-order valence-electron chi connectivity index (χ0n) is 20.9. The Labute approximate surface area is 209 Å². The maximum absolute atomic E-state index is 11.8. The second kappa shape index (κ2) is 14.2. The highest BCUT2D eigenvalue weighted by atomic mass is 19.1. The first-order valence-electron chi connectivity index (χ1n) is 12.0. The molecule has 198 valence electrons. The molecule has 1 amide bonds. The summed E-state index contributed by atoms with van der Waals surface area (Å²) in [6, 6.07) is 4.00. The van der Waals surface area contributed by atoms with Crippen molar-refractivity contribution in [3.8, 4) is 0 Å². The summed E-state index contributed by atoms with van der Waals surface area (Å²) in [5.74, 6) is 2.39. The third-order valence-corrected chi connectivity index (χ3v) is 5.01. The molecule has 3 aromatic heterocycles. The number of halogens is 1. The number of H-pyrrole nitrogens is 1. The third kappa shape index (κ3) is 8.64. The summed E-state index contributed by atoms with van der Waals surface area (Å²) in [4.78, 5) is 21.8. The predicted octanol–water partition coefficient (Wildman–Crippen LogP) is 2.92. The first-order chi connectivity index (χ1) is 17.5. The number of carbonyl (C=O) groups excluding carboxylic acids is 1. The molecule has 0 aliphatic carbocycles. The van der Waals surface area contributed by atoms with Gasteiger partial charge in [-0.15, -0.1) is 0 Å². The van der Waals surface area contributed by atoms with E-state index in [9.17, 15) is 9.18 Å². The average molecular weight is 507 g/mol. The van der Waals surface area contributed by atoms with Gasteiger partial charge in [0.15, 0.2) is 0 Å². The van der Waals surface area contributed by atoms with Crippen LogP contribution in [0.15, 0.2) is 30.7 Å². The van der Waals surface area contributed by atoms with E-state index in [0.717, 1.165) is 43.6 Å². The van der Waals surface area contributed by atoms with Crippen LogP contribution in [-0.4, -0.2) is 89.0 Å². The molecule has 3 aromatic rings. The molecule has 2 fully saturated rings. The lowest BCUT2D eigenvalue weighted by molar-refractivity contribution is 0.122. The van der Waals surface area contributed by atoms with Crippen LogP contribution in [0, 0.1) is 0 Å². The molecule has 0 radical (unpaired) electrons. The summed E-state index contributed by atoms with van der Waals surface area (Å²) >= 11 is 0. The highest BCUT2D eigenvalue weighted by molar-refractivity contribution is 5.67. The van der Waals surface area contributed by atoms with Gasteiger partial charge in [-0.3, -0.25) is 9.50 Å². The average Bonchev–Trinajstić information content (AvgIpc) is 3.63. The van der Waals surface area contributed by atoms with Gasteiger partial charge in [0, 0.05) is 56.7 Å². The number of hydrogen-bond acceptors (Lipinski definition) is 9. The fourth-order valence-electron chi connectivity index (χ4n) is 3.31. The van der Waals surface area contributed by atoms with E-state index < -0.39 is 6.17 Å². The Bertz CT molecular complexity index is 1030. The molecule has 0 saturated carbocycles. The Morgan fingerprint density at radius 2 is 2.08 bits per heavy atom. The van der Waals surface area contributed by atoms with E-state index in [-0.39, 0.29) is 12.1 Å². The molecule has 3 N–H and O–H groups in total. The number of aromatic nitrogens is 5. The maximum atomic E-state index is 11.8. The summed E-state index contributed by atoms with van der Waals surface area (Å²) in [6.45, 7) is 10.0. The Kier molecular flexibility index (Phi) is 10.7. The van der Waals surface area contributed by atoms with Gasteiger partial charge in [-0.05, 0) is 20.8 Å². The molecule has 0 aromatic carbocycles. The number of nitrogens with zero attached hydrogens (tertiary/aromatic N) is 5. The molecule has 2 saturated heterocycles. The minimum Gasteiger partial charge on any atom is -0.450 e. The van der Waals surface area contributed by atoms with Gasteiger partial charge in [0.05, 0.1) is 32.6 Å². The quantitative estimate of drug-likeness (QED) is 0.478. The summed E-state index contributed by atoms with van der Waals surface area (Å²) < 4.78 is 28.4. The molecule has 12 nitrogen and oxygen atoms in total. The van der Waals surface area contributed by atoms with Crippen LogP contribution in [0.1, 0.15) is 27.2 Å². The number of alkyl halides is 1. The number of amides is 1. The number of carbonyl (C=O) groups is 1. The Balaban J connectivity index is 0.000000199. The minimum atomic E-state index is -0.676. The first kappa shape index (κ1) is 27.1. The molecule has 5 rings (SSSR count). The van der Waals surface area contributed by atoms with Gasteiger partial charge in [-0.2, -0.15) is 10.1 Å². The number of hydrogen-bond donors (Lipinski definition) is 3. The second-order valence-corrected chi connectivity index (χ2v) is 8.27.